The summed E-state index contributed by atoms with van der Waals surface area (Å²) in [6, 6.07) is 10.4. The van der Waals surface area contributed by atoms with Gasteiger partial charge in [-0.15, -0.1) is 6.58 Å². The highest BCUT2D eigenvalue weighted by Gasteiger charge is 2.65. The Labute approximate surface area is 325 Å². The van der Waals surface area contributed by atoms with E-state index in [0.717, 1.165) is 61.7 Å². The highest BCUT2D eigenvalue weighted by atomic mass is 16.7. The van der Waals surface area contributed by atoms with Crippen LogP contribution in [0.25, 0.3) is 0 Å². The lowest BCUT2D eigenvalue weighted by Crippen LogP contribution is -2.69. The summed E-state index contributed by atoms with van der Waals surface area (Å²) in [5, 5.41) is 24.6. The van der Waals surface area contributed by atoms with Gasteiger partial charge in [-0.05, 0) is 113 Å². The fourth-order valence-corrected chi connectivity index (χ4v) is 8.76. The predicted octanol–water partition coefficient (Wildman–Crippen LogP) is 7.60. The number of methoxy groups -OCH3 is 1. The Morgan fingerprint density at radius 3 is 2.42 bits per heavy atom. The second-order valence-electron chi connectivity index (χ2n) is 16.3. The maximum Gasteiger partial charge on any atom is 0.239 e. The number of allylic oxidation sites excluding steroid dienone is 1. The maximum absolute atomic E-state index is 14.0. The van der Waals surface area contributed by atoms with Gasteiger partial charge >= 0.3 is 0 Å². The fraction of sp³-hybridized carbons (Fsp3) is 0.568. The van der Waals surface area contributed by atoms with Crippen molar-refractivity contribution in [2.45, 2.75) is 102 Å². The molecule has 11 heteroatoms. The summed E-state index contributed by atoms with van der Waals surface area (Å²) in [6.07, 6.45) is 11.6. The Hall–Kier alpha value is -4.19. The first kappa shape index (κ1) is 40.5. The van der Waals surface area contributed by atoms with Crippen LogP contribution in [0.5, 0.6) is 23.0 Å². The molecule has 2 fully saturated rings. The number of carbonyl (C=O) groups excluding carboxylic acids is 2. The van der Waals surface area contributed by atoms with Crippen molar-refractivity contribution < 1.29 is 43.6 Å². The number of hydrogen-bond donors (Lipinski definition) is 2. The maximum atomic E-state index is 14.0. The van der Waals surface area contributed by atoms with Crippen molar-refractivity contribution in [3.63, 3.8) is 0 Å². The molecule has 2 saturated carbocycles. The molecule has 6 atom stereocenters. The molecule has 11 nitrogen and oxygen atoms in total. The molecule has 0 bridgehead atoms. The van der Waals surface area contributed by atoms with Gasteiger partial charge in [0.2, 0.25) is 11.7 Å². The van der Waals surface area contributed by atoms with Gasteiger partial charge < -0.3 is 38.9 Å². The quantitative estimate of drug-likeness (QED) is 0.0682. The lowest BCUT2D eigenvalue weighted by atomic mass is 9.55. The summed E-state index contributed by atoms with van der Waals surface area (Å²) < 4.78 is 26.0. The third kappa shape index (κ3) is 8.64. The molecule has 0 saturated heterocycles. The van der Waals surface area contributed by atoms with Gasteiger partial charge in [-0.25, -0.2) is 0 Å². The lowest BCUT2D eigenvalue weighted by molar-refractivity contribution is -0.256. The highest BCUT2D eigenvalue weighted by molar-refractivity contribution is 6.03. The van der Waals surface area contributed by atoms with Crippen LogP contribution < -0.4 is 14.2 Å². The number of benzene rings is 2. The van der Waals surface area contributed by atoms with E-state index < -0.39 is 23.3 Å². The number of oxime groups is 1. The second kappa shape index (κ2) is 17.3. The molecule has 2 aromatic carbocycles. The number of rotatable bonds is 18. The molecule has 0 spiro atoms. The van der Waals surface area contributed by atoms with Crippen molar-refractivity contribution in [1.29, 1.82) is 0 Å². The van der Waals surface area contributed by atoms with Gasteiger partial charge in [0.25, 0.3) is 0 Å². The molecule has 0 radical (unpaired) electrons. The molecule has 6 rings (SSSR count). The summed E-state index contributed by atoms with van der Waals surface area (Å²) in [7, 11) is 3.38. The van der Waals surface area contributed by atoms with Crippen LogP contribution in [0.4, 0.5) is 0 Å². The summed E-state index contributed by atoms with van der Waals surface area (Å²) >= 11 is 0. The van der Waals surface area contributed by atoms with Crippen LogP contribution in [-0.2, 0) is 14.4 Å². The van der Waals surface area contributed by atoms with Crippen LogP contribution >= 0.6 is 0 Å². The van der Waals surface area contributed by atoms with E-state index in [2.05, 4.69) is 12.7 Å². The molecule has 55 heavy (non-hydrogen) atoms. The molecule has 298 valence electrons. The summed E-state index contributed by atoms with van der Waals surface area (Å²) in [5.41, 5.74) is 2.52. The molecular formula is C44H58N2O9. The third-order valence-electron chi connectivity index (χ3n) is 11.4. The van der Waals surface area contributed by atoms with E-state index in [1.54, 1.807) is 24.3 Å². The van der Waals surface area contributed by atoms with Crippen LogP contribution in [0.3, 0.4) is 0 Å². The van der Waals surface area contributed by atoms with Gasteiger partial charge in [0.05, 0.1) is 30.9 Å². The number of likely N-dealkylation sites (N-methyl/N-ethyl adjacent to an activating group) is 1. The molecule has 1 aliphatic heterocycles. The zero-order valence-corrected chi connectivity index (χ0v) is 33.0. The van der Waals surface area contributed by atoms with Crippen molar-refractivity contribution in [2.75, 3.05) is 34.0 Å². The van der Waals surface area contributed by atoms with E-state index in [9.17, 15) is 19.8 Å². The largest absolute Gasteiger partial charge is 0.496 e. The number of aldehydes is 1. The molecule has 2 aromatic rings. The Bertz CT molecular complexity index is 1760. The molecule has 1 amide bonds. The minimum absolute atomic E-state index is 0.0258. The van der Waals surface area contributed by atoms with Gasteiger partial charge in [-0.2, -0.15) is 0 Å². The van der Waals surface area contributed by atoms with Crippen LogP contribution in [0.15, 0.2) is 65.9 Å². The first-order chi connectivity index (χ1) is 26.5. The minimum atomic E-state index is -1.29. The molecule has 3 aliphatic carbocycles. The lowest BCUT2D eigenvalue weighted by Gasteiger charge is -2.59. The van der Waals surface area contributed by atoms with Crippen molar-refractivity contribution in [2.24, 2.45) is 28.8 Å². The first-order valence-corrected chi connectivity index (χ1v) is 19.8. The summed E-state index contributed by atoms with van der Waals surface area (Å²) in [5.74, 6) is 0.522. The monoisotopic (exact) mass is 758 g/mol. The number of ether oxygens (including phenoxy) is 4. The summed E-state index contributed by atoms with van der Waals surface area (Å²) in [4.78, 5) is 33.8. The van der Waals surface area contributed by atoms with Crippen molar-refractivity contribution >= 4 is 17.9 Å². The third-order valence-corrected chi connectivity index (χ3v) is 11.4. The Morgan fingerprint density at radius 2 is 1.76 bits per heavy atom. The number of carbonyl (C=O) groups is 2. The molecule has 0 unspecified atom stereocenters. The number of nitrogens with zero attached hydrogens (tertiary/aromatic N) is 2. The smallest absolute Gasteiger partial charge is 0.239 e. The summed E-state index contributed by atoms with van der Waals surface area (Å²) in [6.45, 7) is 10.3. The first-order valence-electron chi connectivity index (χ1n) is 19.8. The van der Waals surface area contributed by atoms with Crippen molar-refractivity contribution in [3.05, 3.63) is 71.8 Å². The van der Waals surface area contributed by atoms with Gasteiger partial charge in [0, 0.05) is 44.1 Å². The van der Waals surface area contributed by atoms with E-state index in [4.69, 9.17) is 28.9 Å². The fourth-order valence-electron chi connectivity index (χ4n) is 8.76. The topological polar surface area (TPSA) is 136 Å². The van der Waals surface area contributed by atoms with E-state index in [-0.39, 0.29) is 49.4 Å². The van der Waals surface area contributed by atoms with Gasteiger partial charge in [0.1, 0.15) is 34.6 Å². The molecule has 4 aliphatic rings. The normalized spacial score (nSPS) is 26.2. The second-order valence-corrected chi connectivity index (χ2v) is 16.3. The van der Waals surface area contributed by atoms with Crippen LogP contribution in [0.2, 0.25) is 0 Å². The van der Waals surface area contributed by atoms with Gasteiger partial charge in [-0.1, -0.05) is 30.1 Å². The van der Waals surface area contributed by atoms with E-state index in [1.807, 2.05) is 50.9 Å². The van der Waals surface area contributed by atoms with E-state index in [1.165, 1.54) is 7.11 Å². The van der Waals surface area contributed by atoms with Crippen LogP contribution in [0.1, 0.15) is 100 Å². The Kier molecular flexibility index (Phi) is 12.7. The molecular weight excluding hydrogens is 700 g/mol. The Balaban J connectivity index is 1.56. The number of fused-ring (bicyclic) bond motifs is 2. The predicted molar refractivity (Wildman–Crippen MR) is 210 cm³/mol. The highest BCUT2D eigenvalue weighted by Crippen LogP contribution is 2.62. The SMILES string of the molecule is C=CCO[C@@]12Oc3ccc(Oc4ccc(OC)c(C=O)c4)cc3[C@H]3[C@H](CCCCO)[C@@H](CCCCO)C=C(C(=NOC(C)(C)C)C[C@@H]1N(C)C(=O)C1CC1)[C@H]32. The number of hydrogen-bond acceptors (Lipinski definition) is 10. The zero-order valence-electron chi connectivity index (χ0n) is 33.0. The van der Waals surface area contributed by atoms with Crippen LogP contribution in [0, 0.1) is 23.7 Å². The number of amides is 1. The van der Waals surface area contributed by atoms with Crippen molar-refractivity contribution in [3.8, 4) is 23.0 Å². The average Bonchev–Trinajstić information content (AvgIpc) is 4.03. The number of unbranched alkanes of at least 4 members (excludes halogenated alkanes) is 2. The molecule has 2 N–H and O–H groups in total. The number of aliphatic hydroxyl groups is 2. The average molecular weight is 759 g/mol. The Morgan fingerprint density at radius 1 is 1.05 bits per heavy atom. The number of aliphatic hydroxyl groups excluding tert-OH is 2. The van der Waals surface area contributed by atoms with Crippen LogP contribution in [-0.4, -0.2) is 84.4 Å². The minimum Gasteiger partial charge on any atom is -0.496 e. The van der Waals surface area contributed by atoms with E-state index in [0.29, 0.717) is 47.8 Å². The van der Waals surface area contributed by atoms with Crippen molar-refractivity contribution in [1.82, 2.24) is 4.90 Å². The molecule has 0 aromatic heterocycles. The molecule has 1 heterocycles. The van der Waals surface area contributed by atoms with Gasteiger partial charge in [0.15, 0.2) is 6.29 Å². The van der Waals surface area contributed by atoms with E-state index >= 15 is 0 Å². The zero-order chi connectivity index (χ0) is 39.3. The van der Waals surface area contributed by atoms with Gasteiger partial charge in [-0.3, -0.25) is 9.59 Å². The standard InChI is InChI=1S/C44H58N2O9/c1-7-22-52-44-39(46(5)42(50)28-14-15-28)26-36(45-55-43(2,3)4)34-24-29(12-8-10-20-47)33(13-9-11-21-48)40(41(34)44)35-25-32(17-19-38(35)54-44)53-31-16-18-37(51-6)30(23-31)27-49/h7,16-19,23-25,27-29,33,39-41,47-48H,1,8-15,20-22,26H2,2-6H3/t29-,33+,39-,40+,41+,44+/m0/s1.